The van der Waals surface area contributed by atoms with Gasteiger partial charge in [-0.05, 0) is 54.5 Å². The van der Waals surface area contributed by atoms with Gasteiger partial charge in [-0.2, -0.15) is 0 Å². The molecule has 0 bridgehead atoms. The molecule has 2 rings (SSSR count). The highest BCUT2D eigenvalue weighted by molar-refractivity contribution is 5.87. The van der Waals surface area contributed by atoms with Crippen molar-refractivity contribution in [2.45, 2.75) is 19.1 Å². The van der Waals surface area contributed by atoms with Gasteiger partial charge in [0.2, 0.25) is 0 Å². The molecule has 0 radical (unpaired) electrons. The molecule has 0 aliphatic rings. The predicted molar refractivity (Wildman–Crippen MR) is 119 cm³/mol. The number of ether oxygens (including phenoxy) is 4. The lowest BCUT2D eigenvalue weighted by molar-refractivity contribution is -0.124. The van der Waals surface area contributed by atoms with Crippen LogP contribution >= 0.6 is 0 Å². The minimum Gasteiger partial charge on any atom is -0.497 e. The van der Waals surface area contributed by atoms with Gasteiger partial charge in [0.15, 0.2) is 6.10 Å². The molecule has 0 unspecified atom stereocenters. The van der Waals surface area contributed by atoms with Gasteiger partial charge in [-0.25, -0.2) is 10.3 Å². The van der Waals surface area contributed by atoms with Gasteiger partial charge in [0.25, 0.3) is 5.91 Å². The molecule has 2 amide bonds. The van der Waals surface area contributed by atoms with Crippen molar-refractivity contribution in [1.29, 1.82) is 0 Å². The van der Waals surface area contributed by atoms with Gasteiger partial charge >= 0.3 is 6.09 Å². The zero-order chi connectivity index (χ0) is 24.2. The van der Waals surface area contributed by atoms with Crippen LogP contribution in [0.2, 0.25) is 0 Å². The zero-order valence-electron chi connectivity index (χ0n) is 18.6. The summed E-state index contributed by atoms with van der Waals surface area (Å²) in [7, 11) is 2.95. The first-order chi connectivity index (χ1) is 15.9. The van der Waals surface area contributed by atoms with Gasteiger partial charge in [-0.1, -0.05) is 12.1 Å². The molecule has 0 saturated carbocycles. The molecule has 0 heterocycles. The number of hydrogen-bond acceptors (Lipinski definition) is 8. The molecule has 0 aromatic heterocycles. The summed E-state index contributed by atoms with van der Waals surface area (Å²) in [5.41, 5.74) is 3.00. The Morgan fingerprint density at radius 1 is 1.03 bits per heavy atom. The second-order valence-corrected chi connectivity index (χ2v) is 6.84. The van der Waals surface area contributed by atoms with Crippen LogP contribution in [0.1, 0.15) is 18.6 Å². The Labute approximate surface area is 191 Å². The molecule has 2 atom stereocenters. The highest BCUT2D eigenvalue weighted by Crippen LogP contribution is 2.30. The van der Waals surface area contributed by atoms with E-state index in [-0.39, 0.29) is 13.2 Å². The molecule has 10 nitrogen and oxygen atoms in total. The fourth-order valence-corrected chi connectivity index (χ4v) is 3.03. The Morgan fingerprint density at radius 3 is 2.21 bits per heavy atom. The Hall–Kier alpha value is -3.60. The molecule has 178 valence electrons. The van der Waals surface area contributed by atoms with Crippen LogP contribution in [0, 0.1) is 0 Å². The number of hydroxylamine groups is 1. The topological polar surface area (TPSA) is 136 Å². The third kappa shape index (κ3) is 7.79. The van der Waals surface area contributed by atoms with Gasteiger partial charge in [-0.3, -0.25) is 15.3 Å². The fourth-order valence-electron chi connectivity index (χ4n) is 3.03. The highest BCUT2D eigenvalue weighted by atomic mass is 16.6. The van der Waals surface area contributed by atoms with E-state index in [9.17, 15) is 9.59 Å². The molecule has 2 aromatic rings. The molecule has 0 fully saturated rings. The minimum atomic E-state index is -0.942. The van der Waals surface area contributed by atoms with E-state index in [0.29, 0.717) is 28.3 Å². The molecule has 0 spiro atoms. The Balaban J connectivity index is 2.29. The standard InChI is InChI=1S/C23H28N2O8/c1-15(14-20(27)25-29)21(31-3)22(16-4-8-19(9-5-16)32-13-12-26)33-23(28)24-17-6-10-18(30-2)11-7-17/h4-11,14,21-22,26,29H,12-13H2,1-3H3,(H,24,28)(H,25,27)/b15-14+/t21-,22-/m0/s1. The average Bonchev–Trinajstić information content (AvgIpc) is 2.83. The zero-order valence-corrected chi connectivity index (χ0v) is 18.6. The summed E-state index contributed by atoms with van der Waals surface area (Å²) in [5, 5.41) is 20.4. The first kappa shape index (κ1) is 25.7. The van der Waals surface area contributed by atoms with Crippen LogP contribution in [0.25, 0.3) is 0 Å². The Kier molecular flexibility index (Phi) is 10.2. The van der Waals surface area contributed by atoms with Crippen LogP contribution in [0.4, 0.5) is 10.5 Å². The molecular weight excluding hydrogens is 432 g/mol. The van der Waals surface area contributed by atoms with Crippen LogP contribution in [-0.2, 0) is 14.3 Å². The van der Waals surface area contributed by atoms with E-state index in [0.717, 1.165) is 6.08 Å². The number of rotatable bonds is 11. The van der Waals surface area contributed by atoms with Crippen molar-refractivity contribution < 1.29 is 38.9 Å². The molecule has 10 heteroatoms. The second kappa shape index (κ2) is 13.1. The SMILES string of the molecule is COc1ccc(NC(=O)O[C@@H](c2ccc(OCCO)cc2)[C@@H](OC)/C(C)=C/C(=O)NO)cc1. The van der Waals surface area contributed by atoms with Crippen LogP contribution in [0.3, 0.4) is 0 Å². The number of amides is 2. The minimum absolute atomic E-state index is 0.123. The van der Waals surface area contributed by atoms with E-state index in [1.165, 1.54) is 12.6 Å². The number of hydrogen-bond donors (Lipinski definition) is 4. The lowest BCUT2D eigenvalue weighted by Gasteiger charge is -2.27. The average molecular weight is 460 g/mol. The van der Waals surface area contributed by atoms with Gasteiger partial charge in [0, 0.05) is 18.9 Å². The summed E-state index contributed by atoms with van der Waals surface area (Å²) in [5.74, 6) is 0.413. The third-order valence-electron chi connectivity index (χ3n) is 4.59. The van der Waals surface area contributed by atoms with Crippen LogP contribution in [0.15, 0.2) is 60.2 Å². The fraction of sp³-hybridized carbons (Fsp3) is 0.304. The number of carbonyl (C=O) groups excluding carboxylic acids is 2. The summed E-state index contributed by atoms with van der Waals surface area (Å²) in [4.78, 5) is 24.3. The number of anilines is 1. The predicted octanol–water partition coefficient (Wildman–Crippen LogP) is 2.82. The molecule has 0 aliphatic heterocycles. The lowest BCUT2D eigenvalue weighted by atomic mass is 9.98. The third-order valence-corrected chi connectivity index (χ3v) is 4.59. The van der Waals surface area contributed by atoms with Crippen molar-refractivity contribution >= 4 is 17.7 Å². The maximum absolute atomic E-state index is 12.7. The van der Waals surface area contributed by atoms with Gasteiger partial charge < -0.3 is 24.1 Å². The summed E-state index contributed by atoms with van der Waals surface area (Å²) in [6, 6.07) is 13.4. The molecular formula is C23H28N2O8. The van der Waals surface area contributed by atoms with E-state index >= 15 is 0 Å². The van der Waals surface area contributed by atoms with Gasteiger partial charge in [0.05, 0.1) is 13.7 Å². The van der Waals surface area contributed by atoms with Crippen molar-refractivity contribution in [3.63, 3.8) is 0 Å². The number of benzene rings is 2. The lowest BCUT2D eigenvalue weighted by Crippen LogP contribution is -2.30. The molecule has 4 N–H and O–H groups in total. The van der Waals surface area contributed by atoms with Gasteiger partial charge in [0.1, 0.15) is 24.2 Å². The summed E-state index contributed by atoms with van der Waals surface area (Å²) in [6.45, 7) is 1.63. The van der Waals surface area contributed by atoms with E-state index in [4.69, 9.17) is 29.3 Å². The summed E-state index contributed by atoms with van der Waals surface area (Å²) < 4.78 is 21.7. The van der Waals surface area contributed by atoms with E-state index < -0.39 is 24.2 Å². The Morgan fingerprint density at radius 2 is 1.67 bits per heavy atom. The van der Waals surface area contributed by atoms with Crippen LogP contribution in [-0.4, -0.2) is 55.9 Å². The summed E-state index contributed by atoms with van der Waals surface area (Å²) >= 11 is 0. The molecule has 0 aliphatic carbocycles. The van der Waals surface area contributed by atoms with Crippen molar-refractivity contribution in [2.75, 3.05) is 32.8 Å². The normalized spacial score (nSPS) is 12.9. The second-order valence-electron chi connectivity index (χ2n) is 6.84. The molecule has 0 saturated heterocycles. The monoisotopic (exact) mass is 460 g/mol. The maximum Gasteiger partial charge on any atom is 0.412 e. The van der Waals surface area contributed by atoms with Crippen molar-refractivity contribution in [3.8, 4) is 11.5 Å². The first-order valence-corrected chi connectivity index (χ1v) is 10.0. The quantitative estimate of drug-likeness (QED) is 0.228. The number of aliphatic hydroxyl groups excluding tert-OH is 1. The van der Waals surface area contributed by atoms with Crippen molar-refractivity contribution in [1.82, 2.24) is 5.48 Å². The van der Waals surface area contributed by atoms with Crippen LogP contribution in [0.5, 0.6) is 11.5 Å². The number of aliphatic hydroxyl groups is 1. The maximum atomic E-state index is 12.7. The molecule has 2 aromatic carbocycles. The summed E-state index contributed by atoms with van der Waals surface area (Å²) in [6.07, 6.45) is -1.38. The van der Waals surface area contributed by atoms with Crippen LogP contribution < -0.4 is 20.3 Å². The van der Waals surface area contributed by atoms with Crippen molar-refractivity contribution in [3.05, 3.63) is 65.7 Å². The van der Waals surface area contributed by atoms with Gasteiger partial charge in [-0.15, -0.1) is 0 Å². The largest absolute Gasteiger partial charge is 0.497 e. The highest BCUT2D eigenvalue weighted by Gasteiger charge is 2.29. The first-order valence-electron chi connectivity index (χ1n) is 10.0. The van der Waals surface area contributed by atoms with Crippen molar-refractivity contribution in [2.24, 2.45) is 0 Å². The number of carbonyl (C=O) groups is 2. The van der Waals surface area contributed by atoms with E-state index in [1.54, 1.807) is 62.6 Å². The Bertz CT molecular complexity index is 928. The van der Waals surface area contributed by atoms with E-state index in [1.807, 2.05) is 0 Å². The smallest absolute Gasteiger partial charge is 0.412 e. The number of nitrogens with one attached hydrogen (secondary N) is 2. The number of methoxy groups -OCH3 is 2. The molecule has 33 heavy (non-hydrogen) atoms. The van der Waals surface area contributed by atoms with E-state index in [2.05, 4.69) is 5.32 Å².